The molecule has 2 aromatic rings. The molecule has 2 fully saturated rings. The first-order valence-corrected chi connectivity index (χ1v) is 12.9. The molecule has 2 saturated heterocycles. The minimum atomic E-state index is -3.52. The molecule has 0 saturated carbocycles. The summed E-state index contributed by atoms with van der Waals surface area (Å²) in [5.41, 5.74) is 1.32. The van der Waals surface area contributed by atoms with E-state index in [1.165, 1.54) is 9.87 Å². The Bertz CT molecular complexity index is 957. The average Bonchev–Trinajstić information content (AvgIpc) is 2.85. The Labute approximate surface area is 196 Å². The van der Waals surface area contributed by atoms with E-state index >= 15 is 0 Å². The number of piperazine rings is 1. The molecule has 1 N–H and O–H groups in total. The second kappa shape index (κ2) is 11.4. The Morgan fingerprint density at radius 3 is 2.18 bits per heavy atom. The number of hydrogen-bond acceptors (Lipinski definition) is 7. The van der Waals surface area contributed by atoms with E-state index in [0.717, 1.165) is 32.7 Å². The lowest BCUT2D eigenvalue weighted by Gasteiger charge is -2.35. The van der Waals surface area contributed by atoms with Crippen LogP contribution in [0.15, 0.2) is 59.5 Å². The van der Waals surface area contributed by atoms with E-state index in [4.69, 9.17) is 9.47 Å². The van der Waals surface area contributed by atoms with Crippen LogP contribution in [0.2, 0.25) is 0 Å². The number of rotatable bonds is 9. The van der Waals surface area contributed by atoms with E-state index in [-0.39, 0.29) is 11.5 Å². The first-order valence-electron chi connectivity index (χ1n) is 11.5. The lowest BCUT2D eigenvalue weighted by molar-refractivity contribution is 0.0446. The van der Waals surface area contributed by atoms with Crippen LogP contribution in [0.5, 0.6) is 5.75 Å². The number of β-amino-alcohol motifs (C(OH)–C–C–N with tert-alkyl or cyclic N) is 1. The van der Waals surface area contributed by atoms with Crippen molar-refractivity contribution in [3.63, 3.8) is 0 Å². The van der Waals surface area contributed by atoms with Gasteiger partial charge in [0.05, 0.1) is 18.1 Å². The van der Waals surface area contributed by atoms with Gasteiger partial charge in [0.15, 0.2) is 0 Å². The molecule has 4 rings (SSSR count). The van der Waals surface area contributed by atoms with Crippen LogP contribution in [0.4, 0.5) is 0 Å². The molecule has 0 radical (unpaired) electrons. The molecule has 0 aromatic heterocycles. The molecule has 33 heavy (non-hydrogen) atoms. The number of aliphatic hydroxyl groups is 1. The summed E-state index contributed by atoms with van der Waals surface area (Å²) in [6, 6.07) is 16.9. The van der Waals surface area contributed by atoms with Crippen LogP contribution in [0.25, 0.3) is 0 Å². The lowest BCUT2D eigenvalue weighted by Crippen LogP contribution is -2.48. The van der Waals surface area contributed by atoms with Crippen LogP contribution in [0, 0.1) is 0 Å². The molecule has 0 spiro atoms. The Hall–Kier alpha value is -2.01. The van der Waals surface area contributed by atoms with Gasteiger partial charge in [-0.3, -0.25) is 9.80 Å². The molecule has 1 unspecified atom stereocenters. The van der Waals surface area contributed by atoms with E-state index in [1.54, 1.807) is 24.3 Å². The maximum absolute atomic E-state index is 12.7. The van der Waals surface area contributed by atoms with Crippen LogP contribution >= 0.6 is 0 Å². The maximum atomic E-state index is 12.7. The third-order valence-electron chi connectivity index (χ3n) is 6.06. The highest BCUT2D eigenvalue weighted by atomic mass is 32.2. The highest BCUT2D eigenvalue weighted by Gasteiger charge is 2.26. The van der Waals surface area contributed by atoms with Gasteiger partial charge in [-0.05, 0) is 29.8 Å². The third kappa shape index (κ3) is 6.75. The van der Waals surface area contributed by atoms with Crippen LogP contribution in [0.1, 0.15) is 5.56 Å². The van der Waals surface area contributed by atoms with Gasteiger partial charge in [0.25, 0.3) is 0 Å². The maximum Gasteiger partial charge on any atom is 0.243 e. The minimum absolute atomic E-state index is 0.166. The molecule has 9 heteroatoms. The predicted octanol–water partition coefficient (Wildman–Crippen LogP) is 1.26. The summed E-state index contributed by atoms with van der Waals surface area (Å²) in [4.78, 5) is 4.93. The van der Waals surface area contributed by atoms with Gasteiger partial charge in [0.2, 0.25) is 10.0 Å². The molecule has 2 heterocycles. The van der Waals surface area contributed by atoms with Gasteiger partial charge in [0.1, 0.15) is 18.5 Å². The fourth-order valence-electron chi connectivity index (χ4n) is 4.16. The van der Waals surface area contributed by atoms with Crippen molar-refractivity contribution in [3.05, 3.63) is 60.2 Å². The van der Waals surface area contributed by atoms with E-state index in [2.05, 4.69) is 34.1 Å². The van der Waals surface area contributed by atoms with Crippen molar-refractivity contribution >= 4 is 10.0 Å². The zero-order valence-electron chi connectivity index (χ0n) is 18.9. The van der Waals surface area contributed by atoms with Crippen molar-refractivity contribution < 1.29 is 23.0 Å². The molecule has 0 bridgehead atoms. The molecule has 0 aliphatic carbocycles. The Balaban J connectivity index is 1.19. The van der Waals surface area contributed by atoms with Crippen molar-refractivity contribution in [1.29, 1.82) is 0 Å². The van der Waals surface area contributed by atoms with Crippen molar-refractivity contribution in [2.45, 2.75) is 17.5 Å². The summed E-state index contributed by atoms with van der Waals surface area (Å²) >= 11 is 0. The SMILES string of the molecule is O=S(=O)(c1ccc(OCC(O)CN2CCN(Cc3ccccc3)CC2)cc1)N1CCOCC1. The summed E-state index contributed by atoms with van der Waals surface area (Å²) in [7, 11) is -3.52. The quantitative estimate of drug-likeness (QED) is 0.585. The average molecular weight is 476 g/mol. The standard InChI is InChI=1S/C24H33N3O5S/c28-22(19-26-12-10-25(11-13-26)18-21-4-2-1-3-5-21)20-32-23-6-8-24(9-7-23)33(29,30)27-14-16-31-17-15-27/h1-9,22,28H,10-20H2. The normalized spacial score (nSPS) is 19.9. The highest BCUT2D eigenvalue weighted by molar-refractivity contribution is 7.89. The number of morpholine rings is 1. The van der Waals surface area contributed by atoms with Crippen molar-refractivity contribution in [1.82, 2.24) is 14.1 Å². The van der Waals surface area contributed by atoms with E-state index in [9.17, 15) is 13.5 Å². The molecule has 8 nitrogen and oxygen atoms in total. The minimum Gasteiger partial charge on any atom is -0.491 e. The smallest absolute Gasteiger partial charge is 0.243 e. The van der Waals surface area contributed by atoms with E-state index < -0.39 is 16.1 Å². The molecule has 180 valence electrons. The van der Waals surface area contributed by atoms with Gasteiger partial charge in [0, 0.05) is 52.4 Å². The van der Waals surface area contributed by atoms with Crippen molar-refractivity contribution in [3.8, 4) is 5.75 Å². The number of benzene rings is 2. The number of hydrogen-bond donors (Lipinski definition) is 1. The van der Waals surface area contributed by atoms with Gasteiger partial charge >= 0.3 is 0 Å². The lowest BCUT2D eigenvalue weighted by atomic mass is 10.2. The Morgan fingerprint density at radius 2 is 1.52 bits per heavy atom. The second-order valence-corrected chi connectivity index (χ2v) is 10.5. The summed E-state index contributed by atoms with van der Waals surface area (Å²) in [5.74, 6) is 0.544. The largest absolute Gasteiger partial charge is 0.491 e. The first-order chi connectivity index (χ1) is 16.0. The molecule has 2 aliphatic rings. The molecule has 2 aliphatic heterocycles. The Kier molecular flexibility index (Phi) is 8.34. The number of nitrogens with zero attached hydrogens (tertiary/aromatic N) is 3. The van der Waals surface area contributed by atoms with Crippen molar-refractivity contribution in [2.24, 2.45) is 0 Å². The van der Waals surface area contributed by atoms with Gasteiger partial charge in [-0.2, -0.15) is 4.31 Å². The Morgan fingerprint density at radius 1 is 0.879 bits per heavy atom. The van der Waals surface area contributed by atoms with Crippen molar-refractivity contribution in [2.75, 3.05) is 65.6 Å². The number of aliphatic hydroxyl groups excluding tert-OH is 1. The van der Waals surface area contributed by atoms with Crippen LogP contribution in [0.3, 0.4) is 0 Å². The summed E-state index contributed by atoms with van der Waals surface area (Å²) in [5, 5.41) is 10.4. The van der Waals surface area contributed by atoms with Gasteiger partial charge in [-0.15, -0.1) is 0 Å². The third-order valence-corrected chi connectivity index (χ3v) is 7.97. The predicted molar refractivity (Wildman–Crippen MR) is 126 cm³/mol. The van der Waals surface area contributed by atoms with Crippen LogP contribution < -0.4 is 4.74 Å². The van der Waals surface area contributed by atoms with Gasteiger partial charge in [-0.25, -0.2) is 8.42 Å². The molecular formula is C24H33N3O5S. The van der Waals surface area contributed by atoms with Gasteiger partial charge < -0.3 is 14.6 Å². The highest BCUT2D eigenvalue weighted by Crippen LogP contribution is 2.20. The topological polar surface area (TPSA) is 82.5 Å². The fourth-order valence-corrected chi connectivity index (χ4v) is 5.57. The van der Waals surface area contributed by atoms with Crippen LogP contribution in [-0.4, -0.2) is 99.4 Å². The molecule has 2 aromatic carbocycles. The zero-order valence-corrected chi connectivity index (χ0v) is 19.7. The zero-order chi connectivity index (χ0) is 23.1. The summed E-state index contributed by atoms with van der Waals surface area (Å²) in [6.45, 7) is 7.03. The summed E-state index contributed by atoms with van der Waals surface area (Å²) < 4.78 is 37.8. The van der Waals surface area contributed by atoms with E-state index in [1.807, 2.05) is 6.07 Å². The molecular weight excluding hydrogens is 442 g/mol. The van der Waals surface area contributed by atoms with Crippen LogP contribution in [-0.2, 0) is 21.3 Å². The van der Waals surface area contributed by atoms with Gasteiger partial charge in [-0.1, -0.05) is 30.3 Å². The first kappa shape index (κ1) is 24.1. The molecule has 1 atom stereocenters. The monoisotopic (exact) mass is 475 g/mol. The number of ether oxygens (including phenoxy) is 2. The fraction of sp³-hybridized carbons (Fsp3) is 0.500. The van der Waals surface area contributed by atoms with E-state index in [0.29, 0.717) is 38.6 Å². The molecule has 0 amide bonds. The summed E-state index contributed by atoms with van der Waals surface area (Å²) in [6.07, 6.45) is -0.609. The number of sulfonamides is 1. The second-order valence-electron chi connectivity index (χ2n) is 8.52.